The summed E-state index contributed by atoms with van der Waals surface area (Å²) >= 11 is 0. The fourth-order valence-electron chi connectivity index (χ4n) is 2.99. The molecule has 0 aromatic rings. The van der Waals surface area contributed by atoms with E-state index in [-0.39, 0.29) is 0 Å². The zero-order valence-corrected chi connectivity index (χ0v) is 11.0. The van der Waals surface area contributed by atoms with Crippen LogP contribution in [0.25, 0.3) is 0 Å². The molecule has 2 aliphatic rings. The van der Waals surface area contributed by atoms with Gasteiger partial charge < -0.3 is 5.32 Å². The molecule has 1 aliphatic heterocycles. The molecule has 0 aromatic heterocycles. The Kier molecular flexibility index (Phi) is 4.66. The van der Waals surface area contributed by atoms with Gasteiger partial charge >= 0.3 is 0 Å². The molecule has 2 nitrogen and oxygen atoms in total. The summed E-state index contributed by atoms with van der Waals surface area (Å²) in [5, 5.41) is 3.63. The van der Waals surface area contributed by atoms with Gasteiger partial charge in [0.05, 0.1) is 0 Å². The summed E-state index contributed by atoms with van der Waals surface area (Å²) in [6, 6.07) is 1.72. The Labute approximate surface area is 101 Å². The lowest BCUT2D eigenvalue weighted by molar-refractivity contribution is 0.204. The third-order valence-electron chi connectivity index (χ3n) is 4.01. The first kappa shape index (κ1) is 12.4. The van der Waals surface area contributed by atoms with E-state index in [1.807, 2.05) is 0 Å². The van der Waals surface area contributed by atoms with E-state index in [0.29, 0.717) is 0 Å². The van der Waals surface area contributed by atoms with Gasteiger partial charge in [-0.1, -0.05) is 20.3 Å². The second-order valence-electron chi connectivity index (χ2n) is 5.87. The summed E-state index contributed by atoms with van der Waals surface area (Å²) in [6.45, 7) is 8.60. The summed E-state index contributed by atoms with van der Waals surface area (Å²) in [4.78, 5) is 2.77. The number of nitrogens with one attached hydrogen (secondary N) is 1. The highest BCUT2D eigenvalue weighted by Gasteiger charge is 2.31. The van der Waals surface area contributed by atoms with Gasteiger partial charge in [-0.2, -0.15) is 0 Å². The van der Waals surface area contributed by atoms with Gasteiger partial charge in [-0.05, 0) is 44.6 Å². The van der Waals surface area contributed by atoms with Crippen LogP contribution in [0.2, 0.25) is 0 Å². The summed E-state index contributed by atoms with van der Waals surface area (Å²) in [7, 11) is 0. The van der Waals surface area contributed by atoms with Crippen LogP contribution in [-0.2, 0) is 0 Å². The molecular weight excluding hydrogens is 196 g/mol. The van der Waals surface area contributed by atoms with Crippen molar-refractivity contribution in [1.82, 2.24) is 10.2 Å². The molecule has 0 spiro atoms. The number of nitrogens with zero attached hydrogens (tertiary/aromatic N) is 1. The van der Waals surface area contributed by atoms with Gasteiger partial charge in [-0.3, -0.25) is 4.90 Å². The van der Waals surface area contributed by atoms with Crippen LogP contribution in [0.15, 0.2) is 0 Å². The number of hydrogen-bond acceptors (Lipinski definition) is 2. The molecule has 2 unspecified atom stereocenters. The topological polar surface area (TPSA) is 15.3 Å². The monoisotopic (exact) mass is 224 g/mol. The lowest BCUT2D eigenvalue weighted by Gasteiger charge is -2.28. The van der Waals surface area contributed by atoms with Gasteiger partial charge in [0, 0.05) is 25.2 Å². The van der Waals surface area contributed by atoms with Crippen LogP contribution in [0.1, 0.15) is 52.4 Å². The molecule has 94 valence electrons. The Morgan fingerprint density at radius 1 is 1.31 bits per heavy atom. The number of rotatable bonds is 7. The number of hydrogen-bond donors (Lipinski definition) is 1. The fourth-order valence-corrected chi connectivity index (χ4v) is 2.99. The quantitative estimate of drug-likeness (QED) is 0.715. The molecule has 1 saturated carbocycles. The summed E-state index contributed by atoms with van der Waals surface area (Å²) in [6.07, 6.45) is 8.40. The molecule has 0 radical (unpaired) electrons. The maximum Gasteiger partial charge on any atom is 0.0195 e. The highest BCUT2D eigenvalue weighted by Crippen LogP contribution is 2.28. The van der Waals surface area contributed by atoms with E-state index >= 15 is 0 Å². The Balaban J connectivity index is 1.75. The molecular formula is C14H28N2. The van der Waals surface area contributed by atoms with Gasteiger partial charge in [-0.15, -0.1) is 0 Å². The van der Waals surface area contributed by atoms with E-state index in [2.05, 4.69) is 24.1 Å². The zero-order chi connectivity index (χ0) is 11.4. The maximum atomic E-state index is 3.63. The third-order valence-corrected chi connectivity index (χ3v) is 4.01. The molecule has 1 N–H and O–H groups in total. The van der Waals surface area contributed by atoms with E-state index in [1.54, 1.807) is 0 Å². The van der Waals surface area contributed by atoms with Crippen molar-refractivity contribution in [2.45, 2.75) is 64.5 Å². The van der Waals surface area contributed by atoms with Crippen LogP contribution >= 0.6 is 0 Å². The van der Waals surface area contributed by atoms with Crippen molar-refractivity contribution in [1.29, 1.82) is 0 Å². The average Bonchev–Trinajstić information content (AvgIpc) is 2.98. The zero-order valence-electron chi connectivity index (χ0n) is 11.0. The summed E-state index contributed by atoms with van der Waals surface area (Å²) in [5.74, 6) is 0.881. The highest BCUT2D eigenvalue weighted by atomic mass is 15.2. The van der Waals surface area contributed by atoms with Crippen molar-refractivity contribution in [2.75, 3.05) is 19.6 Å². The lowest BCUT2D eigenvalue weighted by Crippen LogP contribution is -2.40. The first-order valence-corrected chi connectivity index (χ1v) is 7.27. The average molecular weight is 224 g/mol. The predicted octanol–water partition coefficient (Wildman–Crippen LogP) is 2.64. The third kappa shape index (κ3) is 3.74. The van der Waals surface area contributed by atoms with Gasteiger partial charge in [0.1, 0.15) is 0 Å². The molecule has 2 rings (SSSR count). The molecule has 2 atom stereocenters. The standard InChI is InChI=1S/C14H28N2/c1-3-5-12(2)10-16(14-7-8-14)11-13-6-4-9-15-13/h12-15H,3-11H2,1-2H3. The Morgan fingerprint density at radius 3 is 2.69 bits per heavy atom. The van der Waals surface area contributed by atoms with Crippen molar-refractivity contribution in [3.05, 3.63) is 0 Å². The molecule has 16 heavy (non-hydrogen) atoms. The Bertz CT molecular complexity index is 195. The molecule has 1 heterocycles. The molecule has 1 saturated heterocycles. The van der Waals surface area contributed by atoms with Gasteiger partial charge in [-0.25, -0.2) is 0 Å². The lowest BCUT2D eigenvalue weighted by atomic mass is 10.0. The largest absolute Gasteiger partial charge is 0.313 e. The first-order valence-electron chi connectivity index (χ1n) is 7.27. The van der Waals surface area contributed by atoms with Crippen molar-refractivity contribution < 1.29 is 0 Å². The maximum absolute atomic E-state index is 3.63. The second kappa shape index (κ2) is 6.02. The molecule has 0 amide bonds. The van der Waals surface area contributed by atoms with Gasteiger partial charge in [0.25, 0.3) is 0 Å². The van der Waals surface area contributed by atoms with Crippen molar-refractivity contribution in [2.24, 2.45) is 5.92 Å². The van der Waals surface area contributed by atoms with Crippen LogP contribution in [0.4, 0.5) is 0 Å². The second-order valence-corrected chi connectivity index (χ2v) is 5.87. The molecule has 0 bridgehead atoms. The summed E-state index contributed by atoms with van der Waals surface area (Å²) < 4.78 is 0. The minimum atomic E-state index is 0.787. The minimum Gasteiger partial charge on any atom is -0.313 e. The van der Waals surface area contributed by atoms with Gasteiger partial charge in [0.2, 0.25) is 0 Å². The van der Waals surface area contributed by atoms with Crippen LogP contribution in [0, 0.1) is 5.92 Å². The molecule has 2 heteroatoms. The van der Waals surface area contributed by atoms with E-state index < -0.39 is 0 Å². The normalized spacial score (nSPS) is 27.6. The van der Waals surface area contributed by atoms with Crippen LogP contribution in [-0.4, -0.2) is 36.6 Å². The Morgan fingerprint density at radius 2 is 2.12 bits per heavy atom. The van der Waals surface area contributed by atoms with E-state index in [0.717, 1.165) is 18.0 Å². The molecule has 2 fully saturated rings. The predicted molar refractivity (Wildman–Crippen MR) is 69.7 cm³/mol. The van der Waals surface area contributed by atoms with E-state index in [4.69, 9.17) is 0 Å². The van der Waals surface area contributed by atoms with E-state index in [1.165, 1.54) is 58.2 Å². The van der Waals surface area contributed by atoms with Crippen LogP contribution < -0.4 is 5.32 Å². The van der Waals surface area contributed by atoms with Crippen LogP contribution in [0.5, 0.6) is 0 Å². The summed E-state index contributed by atoms with van der Waals surface area (Å²) in [5.41, 5.74) is 0. The minimum absolute atomic E-state index is 0.787. The van der Waals surface area contributed by atoms with Crippen molar-refractivity contribution >= 4 is 0 Å². The van der Waals surface area contributed by atoms with Crippen molar-refractivity contribution in [3.8, 4) is 0 Å². The van der Waals surface area contributed by atoms with Gasteiger partial charge in [0.15, 0.2) is 0 Å². The smallest absolute Gasteiger partial charge is 0.0195 e. The molecule has 1 aliphatic carbocycles. The SMILES string of the molecule is CCCC(C)CN(CC1CCCN1)C1CC1. The van der Waals surface area contributed by atoms with E-state index in [9.17, 15) is 0 Å². The fraction of sp³-hybridized carbons (Fsp3) is 1.00. The first-order chi connectivity index (χ1) is 7.79. The molecule has 0 aromatic carbocycles. The van der Waals surface area contributed by atoms with Crippen molar-refractivity contribution in [3.63, 3.8) is 0 Å². The Hall–Kier alpha value is -0.0800. The highest BCUT2D eigenvalue weighted by molar-refractivity contribution is 4.89. The van der Waals surface area contributed by atoms with Crippen LogP contribution in [0.3, 0.4) is 0 Å².